The van der Waals surface area contributed by atoms with Crippen molar-refractivity contribution in [2.75, 3.05) is 20.8 Å². The lowest BCUT2D eigenvalue weighted by Gasteiger charge is -2.04. The Morgan fingerprint density at radius 2 is 2.00 bits per heavy atom. The molecule has 0 aliphatic carbocycles. The summed E-state index contributed by atoms with van der Waals surface area (Å²) in [4.78, 5) is 11.3. The van der Waals surface area contributed by atoms with Crippen LogP contribution in [0.4, 0.5) is 0 Å². The van der Waals surface area contributed by atoms with Crippen molar-refractivity contribution in [3.05, 3.63) is 53.2 Å². The molecule has 2 rings (SSSR count). The molecule has 0 saturated carbocycles. The average Bonchev–Trinajstić information content (AvgIpc) is 3.11. The van der Waals surface area contributed by atoms with E-state index in [1.54, 1.807) is 42.1 Å². The van der Waals surface area contributed by atoms with Crippen molar-refractivity contribution in [3.8, 4) is 11.6 Å². The van der Waals surface area contributed by atoms with Crippen LogP contribution in [0, 0.1) is 5.41 Å². The van der Waals surface area contributed by atoms with Gasteiger partial charge in [-0.1, -0.05) is 11.6 Å². The quantitative estimate of drug-likeness (QED) is 0.684. The number of rotatable bonds is 6. The highest BCUT2D eigenvalue weighted by molar-refractivity contribution is 6.43. The second kappa shape index (κ2) is 10.3. The van der Waals surface area contributed by atoms with Crippen LogP contribution < -0.4 is 10.1 Å². The number of aliphatic hydroxyl groups is 1. The van der Waals surface area contributed by atoms with Gasteiger partial charge in [-0.2, -0.15) is 0 Å². The first-order valence-electron chi connectivity index (χ1n) is 7.38. The van der Waals surface area contributed by atoms with Crippen molar-refractivity contribution in [2.45, 2.75) is 6.92 Å². The number of halogens is 1. The minimum absolute atomic E-state index is 0.0807. The lowest BCUT2D eigenvalue weighted by Crippen LogP contribution is -2.27. The smallest absolute Gasteiger partial charge is 0.269 e. The molecule has 0 saturated heterocycles. The van der Waals surface area contributed by atoms with Crippen LogP contribution in [0.5, 0.6) is 5.88 Å². The van der Waals surface area contributed by atoms with E-state index in [0.717, 1.165) is 12.8 Å². The third-order valence-corrected chi connectivity index (χ3v) is 3.38. The van der Waals surface area contributed by atoms with Gasteiger partial charge >= 0.3 is 0 Å². The highest BCUT2D eigenvalue weighted by Crippen LogP contribution is 2.15. The number of aromatic nitrogens is 2. The highest BCUT2D eigenvalue weighted by atomic mass is 35.5. The Morgan fingerprint density at radius 1 is 1.36 bits per heavy atom. The van der Waals surface area contributed by atoms with Crippen LogP contribution in [-0.4, -0.2) is 47.3 Å². The van der Waals surface area contributed by atoms with Gasteiger partial charge in [0.1, 0.15) is 12.3 Å². The lowest BCUT2D eigenvalue weighted by molar-refractivity contribution is -0.114. The summed E-state index contributed by atoms with van der Waals surface area (Å²) >= 11 is 5.85. The molecule has 0 atom stereocenters. The van der Waals surface area contributed by atoms with Gasteiger partial charge in [0.15, 0.2) is 0 Å². The summed E-state index contributed by atoms with van der Waals surface area (Å²) in [5.74, 6) is 0.0289. The maximum atomic E-state index is 11.3. The predicted octanol–water partition coefficient (Wildman–Crippen LogP) is 2.23. The number of aliphatic hydroxyl groups excluding tert-OH is 1. The fourth-order valence-corrected chi connectivity index (χ4v) is 1.91. The molecule has 8 heteroatoms. The molecule has 1 aromatic heterocycles. The lowest BCUT2D eigenvalue weighted by atomic mass is 10.1. The Kier molecular flexibility index (Phi) is 8.38. The van der Waals surface area contributed by atoms with E-state index in [4.69, 9.17) is 26.9 Å². The second-order valence-corrected chi connectivity index (χ2v) is 5.16. The number of carbonyl (C=O) groups excluding carboxylic acids is 1. The largest absolute Gasteiger partial charge is 0.472 e. The van der Waals surface area contributed by atoms with Gasteiger partial charge in [-0.25, -0.2) is 4.68 Å². The SMILES string of the molecule is CNC(=O)C(=N)/C(C)=C\COc1ccn(-c2ccc(Cl)cc2)n1.CO. The molecule has 0 unspecified atom stereocenters. The summed E-state index contributed by atoms with van der Waals surface area (Å²) in [7, 11) is 2.49. The first-order valence-corrected chi connectivity index (χ1v) is 7.76. The number of nitrogens with zero attached hydrogens (tertiary/aromatic N) is 2. The zero-order valence-electron chi connectivity index (χ0n) is 14.3. The topological polar surface area (TPSA) is 100 Å². The predicted molar refractivity (Wildman–Crippen MR) is 97.8 cm³/mol. The third kappa shape index (κ3) is 6.06. The number of hydrogen-bond acceptors (Lipinski definition) is 5. The number of ether oxygens (including phenoxy) is 1. The van der Waals surface area contributed by atoms with Gasteiger partial charge in [-0.15, -0.1) is 5.10 Å². The summed E-state index contributed by atoms with van der Waals surface area (Å²) in [5, 5.41) is 22.0. The van der Waals surface area contributed by atoms with Crippen LogP contribution >= 0.6 is 11.6 Å². The molecular weight excluding hydrogens is 344 g/mol. The molecule has 134 valence electrons. The Hall–Kier alpha value is -2.64. The molecule has 1 aromatic carbocycles. The zero-order chi connectivity index (χ0) is 18.8. The minimum Gasteiger partial charge on any atom is -0.472 e. The van der Waals surface area contributed by atoms with Crippen LogP contribution in [0.3, 0.4) is 0 Å². The molecule has 0 fully saturated rings. The number of carbonyl (C=O) groups is 1. The van der Waals surface area contributed by atoms with Crippen molar-refractivity contribution < 1.29 is 14.6 Å². The van der Waals surface area contributed by atoms with E-state index in [2.05, 4.69) is 10.4 Å². The van der Waals surface area contributed by atoms with Crippen LogP contribution in [0.2, 0.25) is 5.02 Å². The molecule has 3 N–H and O–H groups in total. The molecule has 0 radical (unpaired) electrons. The van der Waals surface area contributed by atoms with Gasteiger partial charge < -0.3 is 15.2 Å². The van der Waals surface area contributed by atoms with Gasteiger partial charge in [0.2, 0.25) is 5.88 Å². The van der Waals surface area contributed by atoms with Crippen LogP contribution in [-0.2, 0) is 4.79 Å². The Balaban J connectivity index is 0.00000151. The maximum absolute atomic E-state index is 11.3. The average molecular weight is 365 g/mol. The Labute approximate surface area is 151 Å². The van der Waals surface area contributed by atoms with Crippen LogP contribution in [0.1, 0.15) is 6.92 Å². The number of nitrogens with one attached hydrogen (secondary N) is 2. The molecule has 25 heavy (non-hydrogen) atoms. The number of hydrogen-bond donors (Lipinski definition) is 3. The van der Waals surface area contributed by atoms with E-state index in [0.29, 0.717) is 16.5 Å². The van der Waals surface area contributed by atoms with Crippen molar-refractivity contribution in [1.82, 2.24) is 15.1 Å². The molecule has 1 amide bonds. The Bertz CT molecular complexity index is 739. The molecule has 0 aliphatic heterocycles. The van der Waals surface area contributed by atoms with E-state index in [-0.39, 0.29) is 12.3 Å². The van der Waals surface area contributed by atoms with Gasteiger partial charge in [0, 0.05) is 31.4 Å². The fraction of sp³-hybridized carbons (Fsp3) is 0.235. The van der Waals surface area contributed by atoms with Gasteiger partial charge in [0.05, 0.1) is 5.69 Å². The summed E-state index contributed by atoms with van der Waals surface area (Å²) in [5.41, 5.74) is 1.33. The monoisotopic (exact) mass is 364 g/mol. The zero-order valence-corrected chi connectivity index (χ0v) is 15.0. The van der Waals surface area contributed by atoms with E-state index >= 15 is 0 Å². The second-order valence-electron chi connectivity index (χ2n) is 4.73. The van der Waals surface area contributed by atoms with Crippen molar-refractivity contribution in [3.63, 3.8) is 0 Å². The normalized spacial score (nSPS) is 10.5. The van der Waals surface area contributed by atoms with Crippen molar-refractivity contribution >= 4 is 23.2 Å². The Morgan fingerprint density at radius 3 is 2.60 bits per heavy atom. The minimum atomic E-state index is -0.425. The molecule has 7 nitrogen and oxygen atoms in total. The summed E-state index contributed by atoms with van der Waals surface area (Å²) in [6.45, 7) is 1.91. The molecule has 0 spiro atoms. The third-order valence-electron chi connectivity index (χ3n) is 3.12. The van der Waals surface area contributed by atoms with Gasteiger partial charge in [0.25, 0.3) is 5.91 Å². The highest BCUT2D eigenvalue weighted by Gasteiger charge is 2.08. The summed E-state index contributed by atoms with van der Waals surface area (Å²) < 4.78 is 7.18. The van der Waals surface area contributed by atoms with E-state index < -0.39 is 5.91 Å². The number of amides is 1. The van der Waals surface area contributed by atoms with Gasteiger partial charge in [-0.05, 0) is 42.8 Å². The van der Waals surface area contributed by atoms with Gasteiger partial charge in [-0.3, -0.25) is 10.2 Å². The molecular formula is C17H21ClN4O3. The van der Waals surface area contributed by atoms with Crippen molar-refractivity contribution in [2.24, 2.45) is 0 Å². The fourth-order valence-electron chi connectivity index (χ4n) is 1.78. The first-order chi connectivity index (χ1) is 12.0. The van der Waals surface area contributed by atoms with Crippen LogP contribution in [0.25, 0.3) is 5.69 Å². The molecule has 2 aromatic rings. The number of benzene rings is 1. The molecule has 1 heterocycles. The standard InChI is InChI=1S/C16H17ClN4O2.CH4O/c1-11(15(18)16(22)19-2)8-10-23-14-7-9-21(20-14)13-5-3-12(17)4-6-13;1-2/h3-9,18H,10H2,1-2H3,(H,19,22);2H,1H3/b11-8-,18-15?;. The first kappa shape index (κ1) is 20.4. The van der Waals surface area contributed by atoms with Crippen LogP contribution in [0.15, 0.2) is 48.2 Å². The van der Waals surface area contributed by atoms with E-state index in [1.807, 2.05) is 12.1 Å². The van der Waals surface area contributed by atoms with E-state index in [1.165, 1.54) is 7.05 Å². The molecule has 0 aliphatic rings. The van der Waals surface area contributed by atoms with Crippen molar-refractivity contribution in [1.29, 1.82) is 5.41 Å². The molecule has 0 bridgehead atoms. The maximum Gasteiger partial charge on any atom is 0.269 e. The summed E-state index contributed by atoms with van der Waals surface area (Å²) in [6.07, 6.45) is 3.45. The summed E-state index contributed by atoms with van der Waals surface area (Å²) in [6, 6.07) is 9.02. The van der Waals surface area contributed by atoms with E-state index in [9.17, 15) is 4.79 Å².